The monoisotopic (exact) mass is 248 g/mol. The van der Waals surface area contributed by atoms with Crippen LogP contribution in [0.1, 0.15) is 26.2 Å². The second-order valence-corrected chi connectivity index (χ2v) is 4.51. The van der Waals surface area contributed by atoms with E-state index in [1.165, 1.54) is 0 Å². The Kier molecular flexibility index (Phi) is 4.59. The standard InChI is InChI=1S/C14H20N2O2/c1-2-9-18-12-6-3-5-11(10-12)16-14(17)13-7-4-8-15-13/h3,5-6,10,13,15H,2,4,7-9H2,1H3,(H,16,17)/t13-/m0/s1. The van der Waals surface area contributed by atoms with Gasteiger partial charge in [0.25, 0.3) is 0 Å². The van der Waals surface area contributed by atoms with Gasteiger partial charge < -0.3 is 15.4 Å². The molecule has 18 heavy (non-hydrogen) atoms. The molecular weight excluding hydrogens is 228 g/mol. The first-order valence-electron chi connectivity index (χ1n) is 6.56. The summed E-state index contributed by atoms with van der Waals surface area (Å²) in [5, 5.41) is 6.10. The number of hydrogen-bond acceptors (Lipinski definition) is 3. The molecule has 0 aliphatic carbocycles. The maximum atomic E-state index is 11.9. The third kappa shape index (κ3) is 3.47. The molecule has 98 valence electrons. The highest BCUT2D eigenvalue weighted by molar-refractivity contribution is 5.95. The van der Waals surface area contributed by atoms with E-state index in [1.807, 2.05) is 24.3 Å². The lowest BCUT2D eigenvalue weighted by molar-refractivity contribution is -0.117. The van der Waals surface area contributed by atoms with Crippen LogP contribution >= 0.6 is 0 Å². The van der Waals surface area contributed by atoms with E-state index in [4.69, 9.17) is 4.74 Å². The third-order valence-electron chi connectivity index (χ3n) is 2.95. The van der Waals surface area contributed by atoms with Gasteiger partial charge in [-0.1, -0.05) is 13.0 Å². The Morgan fingerprint density at radius 3 is 3.17 bits per heavy atom. The molecule has 1 amide bonds. The van der Waals surface area contributed by atoms with Crippen molar-refractivity contribution < 1.29 is 9.53 Å². The van der Waals surface area contributed by atoms with Gasteiger partial charge in [-0.3, -0.25) is 4.79 Å². The quantitative estimate of drug-likeness (QED) is 0.839. The molecule has 4 heteroatoms. The van der Waals surface area contributed by atoms with Gasteiger partial charge in [0.15, 0.2) is 0 Å². The van der Waals surface area contributed by atoms with E-state index in [0.717, 1.165) is 37.2 Å². The maximum absolute atomic E-state index is 11.9. The van der Waals surface area contributed by atoms with Gasteiger partial charge in [-0.25, -0.2) is 0 Å². The number of carbonyl (C=O) groups excluding carboxylic acids is 1. The summed E-state index contributed by atoms with van der Waals surface area (Å²) in [6, 6.07) is 7.49. The van der Waals surface area contributed by atoms with Crippen molar-refractivity contribution in [3.05, 3.63) is 24.3 Å². The normalized spacial score (nSPS) is 18.6. The van der Waals surface area contributed by atoms with Gasteiger partial charge >= 0.3 is 0 Å². The van der Waals surface area contributed by atoms with Crippen LogP contribution in [0, 0.1) is 0 Å². The van der Waals surface area contributed by atoms with Gasteiger partial charge in [0.1, 0.15) is 5.75 Å². The Hall–Kier alpha value is -1.55. The molecule has 1 heterocycles. The third-order valence-corrected chi connectivity index (χ3v) is 2.95. The highest BCUT2D eigenvalue weighted by Gasteiger charge is 2.21. The summed E-state index contributed by atoms with van der Waals surface area (Å²) < 4.78 is 5.54. The van der Waals surface area contributed by atoms with Crippen LogP contribution in [-0.2, 0) is 4.79 Å². The SMILES string of the molecule is CCCOc1cccc(NC(=O)[C@@H]2CCCN2)c1. The van der Waals surface area contributed by atoms with Gasteiger partial charge in [-0.05, 0) is 37.9 Å². The van der Waals surface area contributed by atoms with Gasteiger partial charge in [0, 0.05) is 11.8 Å². The molecule has 1 aliphatic rings. The molecule has 2 rings (SSSR count). The summed E-state index contributed by atoms with van der Waals surface area (Å²) in [6.07, 6.45) is 2.96. The van der Waals surface area contributed by atoms with Crippen LogP contribution in [0.15, 0.2) is 24.3 Å². The average molecular weight is 248 g/mol. The summed E-state index contributed by atoms with van der Waals surface area (Å²) in [5.41, 5.74) is 0.794. The van der Waals surface area contributed by atoms with Crippen molar-refractivity contribution in [2.75, 3.05) is 18.5 Å². The van der Waals surface area contributed by atoms with Crippen LogP contribution in [0.4, 0.5) is 5.69 Å². The fraction of sp³-hybridized carbons (Fsp3) is 0.500. The van der Waals surface area contributed by atoms with E-state index < -0.39 is 0 Å². The Balaban J connectivity index is 1.93. The van der Waals surface area contributed by atoms with Gasteiger partial charge in [-0.15, -0.1) is 0 Å². The number of benzene rings is 1. The molecule has 0 saturated carbocycles. The Morgan fingerprint density at radius 2 is 2.44 bits per heavy atom. The van der Waals surface area contributed by atoms with Crippen LogP contribution in [0.3, 0.4) is 0 Å². The first-order valence-corrected chi connectivity index (χ1v) is 6.56. The van der Waals surface area contributed by atoms with Crippen molar-refractivity contribution in [2.45, 2.75) is 32.2 Å². The minimum Gasteiger partial charge on any atom is -0.494 e. The zero-order valence-electron chi connectivity index (χ0n) is 10.7. The van der Waals surface area contributed by atoms with Crippen LogP contribution in [-0.4, -0.2) is 25.1 Å². The molecule has 0 aromatic heterocycles. The van der Waals surface area contributed by atoms with E-state index in [0.29, 0.717) is 6.61 Å². The number of hydrogen-bond donors (Lipinski definition) is 2. The molecule has 1 fully saturated rings. The van der Waals surface area contributed by atoms with E-state index in [2.05, 4.69) is 17.6 Å². The Labute approximate surface area is 108 Å². The number of rotatable bonds is 5. The molecule has 0 bridgehead atoms. The predicted octanol–water partition coefficient (Wildman–Crippen LogP) is 2.17. The van der Waals surface area contributed by atoms with Crippen molar-refractivity contribution in [3.8, 4) is 5.75 Å². The summed E-state index contributed by atoms with van der Waals surface area (Å²) in [6.45, 7) is 3.69. The fourth-order valence-electron chi connectivity index (χ4n) is 2.02. The largest absolute Gasteiger partial charge is 0.494 e. The van der Waals surface area contributed by atoms with Crippen LogP contribution in [0.5, 0.6) is 5.75 Å². The summed E-state index contributed by atoms with van der Waals surface area (Å²) in [4.78, 5) is 11.9. The average Bonchev–Trinajstić information content (AvgIpc) is 2.91. The minimum absolute atomic E-state index is 0.0418. The lowest BCUT2D eigenvalue weighted by Gasteiger charge is -2.12. The van der Waals surface area contributed by atoms with E-state index in [9.17, 15) is 4.79 Å². The number of carbonyl (C=O) groups is 1. The van der Waals surface area contributed by atoms with E-state index >= 15 is 0 Å². The van der Waals surface area contributed by atoms with Crippen molar-refractivity contribution in [2.24, 2.45) is 0 Å². The zero-order chi connectivity index (χ0) is 12.8. The minimum atomic E-state index is -0.0507. The Bertz CT molecular complexity index is 401. The van der Waals surface area contributed by atoms with Gasteiger partial charge in [-0.2, -0.15) is 0 Å². The molecule has 0 unspecified atom stereocenters. The number of anilines is 1. The van der Waals surface area contributed by atoms with Crippen LogP contribution in [0.25, 0.3) is 0 Å². The van der Waals surface area contributed by atoms with Crippen LogP contribution < -0.4 is 15.4 Å². The molecule has 1 aliphatic heterocycles. The first kappa shape index (κ1) is 12.9. The Morgan fingerprint density at radius 1 is 1.56 bits per heavy atom. The number of ether oxygens (including phenoxy) is 1. The molecule has 4 nitrogen and oxygen atoms in total. The molecule has 0 radical (unpaired) electrons. The lowest BCUT2D eigenvalue weighted by atomic mass is 10.2. The van der Waals surface area contributed by atoms with Gasteiger partial charge in [0.05, 0.1) is 12.6 Å². The topological polar surface area (TPSA) is 50.4 Å². The van der Waals surface area contributed by atoms with Crippen molar-refractivity contribution >= 4 is 11.6 Å². The first-order chi connectivity index (χ1) is 8.79. The predicted molar refractivity (Wildman–Crippen MR) is 71.9 cm³/mol. The molecule has 1 atom stereocenters. The van der Waals surface area contributed by atoms with Crippen molar-refractivity contribution in [1.29, 1.82) is 0 Å². The molecular formula is C14H20N2O2. The van der Waals surface area contributed by atoms with Crippen molar-refractivity contribution in [3.63, 3.8) is 0 Å². The number of nitrogens with one attached hydrogen (secondary N) is 2. The maximum Gasteiger partial charge on any atom is 0.241 e. The fourth-order valence-corrected chi connectivity index (χ4v) is 2.02. The molecule has 1 saturated heterocycles. The second-order valence-electron chi connectivity index (χ2n) is 4.51. The number of amides is 1. The smallest absolute Gasteiger partial charge is 0.241 e. The zero-order valence-corrected chi connectivity index (χ0v) is 10.7. The molecule has 0 spiro atoms. The van der Waals surface area contributed by atoms with E-state index in [1.54, 1.807) is 0 Å². The molecule has 1 aromatic carbocycles. The summed E-state index contributed by atoms with van der Waals surface area (Å²) >= 11 is 0. The molecule has 1 aromatic rings. The summed E-state index contributed by atoms with van der Waals surface area (Å²) in [7, 11) is 0. The van der Waals surface area contributed by atoms with Gasteiger partial charge in [0.2, 0.25) is 5.91 Å². The highest BCUT2D eigenvalue weighted by atomic mass is 16.5. The highest BCUT2D eigenvalue weighted by Crippen LogP contribution is 2.18. The van der Waals surface area contributed by atoms with E-state index in [-0.39, 0.29) is 11.9 Å². The second kappa shape index (κ2) is 6.40. The van der Waals surface area contributed by atoms with Crippen molar-refractivity contribution in [1.82, 2.24) is 5.32 Å². The molecule has 2 N–H and O–H groups in total. The summed E-state index contributed by atoms with van der Waals surface area (Å²) in [5.74, 6) is 0.842. The van der Waals surface area contributed by atoms with Crippen LogP contribution in [0.2, 0.25) is 0 Å². The lowest BCUT2D eigenvalue weighted by Crippen LogP contribution is -2.35.